The lowest BCUT2D eigenvalue weighted by Gasteiger charge is -2.42. The normalized spacial score (nSPS) is 20.6. The molecule has 0 N–H and O–H groups in total. The first kappa shape index (κ1) is 25.9. The number of unbranched alkanes of at least 4 members (excludes halogenated alkanes) is 5. The first-order chi connectivity index (χ1) is 17.1. The van der Waals surface area contributed by atoms with E-state index < -0.39 is 0 Å². The zero-order valence-electron chi connectivity index (χ0n) is 21.5. The van der Waals surface area contributed by atoms with Crippen LogP contribution in [0.1, 0.15) is 80.8 Å². The highest BCUT2D eigenvalue weighted by Crippen LogP contribution is 2.37. The van der Waals surface area contributed by atoms with Crippen LogP contribution in [-0.4, -0.2) is 65.3 Å². The molecular formula is C29H41N3O2S. The van der Waals surface area contributed by atoms with Crippen LogP contribution < -0.4 is 0 Å². The average molecular weight is 496 g/mol. The van der Waals surface area contributed by atoms with Crippen molar-refractivity contribution in [2.24, 2.45) is 0 Å². The molecule has 2 unspecified atom stereocenters. The monoisotopic (exact) mass is 495 g/mol. The minimum atomic E-state index is 0.0787. The molecule has 2 aliphatic heterocycles. The molecule has 0 saturated carbocycles. The SMILES string of the molecule is CCCCCCCCC(=O)N1CCN(C(=O)CN2CCc3sccc3C2c2ccccc2)CC1C. The Morgan fingerprint density at radius 3 is 2.49 bits per heavy atom. The van der Waals surface area contributed by atoms with Crippen LogP contribution in [0.2, 0.25) is 0 Å². The molecule has 1 aromatic heterocycles. The Kier molecular flexibility index (Phi) is 9.38. The van der Waals surface area contributed by atoms with Gasteiger partial charge in [0.25, 0.3) is 0 Å². The van der Waals surface area contributed by atoms with Gasteiger partial charge in [0, 0.05) is 43.5 Å². The Hall–Kier alpha value is -2.18. The molecule has 35 heavy (non-hydrogen) atoms. The number of amides is 2. The second-order valence-corrected chi connectivity index (χ2v) is 11.1. The van der Waals surface area contributed by atoms with Crippen molar-refractivity contribution in [3.63, 3.8) is 0 Å². The van der Waals surface area contributed by atoms with E-state index in [-0.39, 0.29) is 23.9 Å². The smallest absolute Gasteiger partial charge is 0.236 e. The van der Waals surface area contributed by atoms with Crippen molar-refractivity contribution in [2.75, 3.05) is 32.7 Å². The van der Waals surface area contributed by atoms with Crippen LogP contribution in [0.5, 0.6) is 0 Å². The topological polar surface area (TPSA) is 43.9 Å². The van der Waals surface area contributed by atoms with Crippen LogP contribution >= 0.6 is 11.3 Å². The van der Waals surface area contributed by atoms with Gasteiger partial charge in [-0.05, 0) is 42.3 Å². The summed E-state index contributed by atoms with van der Waals surface area (Å²) >= 11 is 1.83. The van der Waals surface area contributed by atoms with Gasteiger partial charge < -0.3 is 9.80 Å². The van der Waals surface area contributed by atoms with Crippen LogP contribution in [0.15, 0.2) is 41.8 Å². The number of carbonyl (C=O) groups excluding carboxylic acids is 2. The number of benzene rings is 1. The highest BCUT2D eigenvalue weighted by molar-refractivity contribution is 7.10. The van der Waals surface area contributed by atoms with Crippen molar-refractivity contribution >= 4 is 23.2 Å². The van der Waals surface area contributed by atoms with Crippen LogP contribution in [0.3, 0.4) is 0 Å². The van der Waals surface area contributed by atoms with E-state index in [1.807, 2.05) is 27.2 Å². The zero-order valence-corrected chi connectivity index (χ0v) is 22.3. The Balaban J connectivity index is 1.31. The fraction of sp³-hybridized carbons (Fsp3) is 0.586. The lowest BCUT2D eigenvalue weighted by molar-refractivity contribution is -0.143. The van der Waals surface area contributed by atoms with E-state index in [0.29, 0.717) is 32.6 Å². The summed E-state index contributed by atoms with van der Waals surface area (Å²) in [6.07, 6.45) is 8.81. The fourth-order valence-electron chi connectivity index (χ4n) is 5.59. The van der Waals surface area contributed by atoms with Crippen molar-refractivity contribution in [2.45, 2.75) is 77.3 Å². The predicted molar refractivity (Wildman–Crippen MR) is 144 cm³/mol. The van der Waals surface area contributed by atoms with E-state index in [4.69, 9.17) is 0 Å². The third-order valence-corrected chi connectivity index (χ3v) is 8.56. The maximum absolute atomic E-state index is 13.4. The van der Waals surface area contributed by atoms with Gasteiger partial charge in [0.15, 0.2) is 0 Å². The number of rotatable bonds is 10. The van der Waals surface area contributed by atoms with Crippen molar-refractivity contribution in [1.29, 1.82) is 0 Å². The summed E-state index contributed by atoms with van der Waals surface area (Å²) in [7, 11) is 0. The summed E-state index contributed by atoms with van der Waals surface area (Å²) in [5, 5.41) is 2.18. The molecule has 2 atom stereocenters. The molecule has 5 nitrogen and oxygen atoms in total. The molecule has 1 fully saturated rings. The van der Waals surface area contributed by atoms with Crippen LogP contribution in [0.25, 0.3) is 0 Å². The van der Waals surface area contributed by atoms with Crippen molar-refractivity contribution < 1.29 is 9.59 Å². The molecule has 0 spiro atoms. The van der Waals surface area contributed by atoms with E-state index in [2.05, 4.69) is 54.5 Å². The number of carbonyl (C=O) groups is 2. The summed E-state index contributed by atoms with van der Waals surface area (Å²) in [6.45, 7) is 7.55. The zero-order chi connectivity index (χ0) is 24.6. The van der Waals surface area contributed by atoms with Gasteiger partial charge in [-0.1, -0.05) is 69.4 Å². The van der Waals surface area contributed by atoms with Gasteiger partial charge in [0.2, 0.25) is 11.8 Å². The lowest BCUT2D eigenvalue weighted by atomic mass is 9.93. The summed E-state index contributed by atoms with van der Waals surface area (Å²) in [4.78, 5) is 34.0. The molecule has 2 amide bonds. The fourth-order valence-corrected chi connectivity index (χ4v) is 6.50. The van der Waals surface area contributed by atoms with Gasteiger partial charge in [-0.2, -0.15) is 0 Å². The Labute approximate surface area is 215 Å². The predicted octanol–water partition coefficient (Wildman–Crippen LogP) is 5.51. The molecule has 0 aliphatic carbocycles. The molecule has 1 saturated heterocycles. The number of hydrogen-bond donors (Lipinski definition) is 0. The standard InChI is InChI=1S/C29H41N3O2S/c1-3-4-5-6-7-11-14-27(33)32-19-18-30(21-23(32)2)28(34)22-31-17-15-26-25(16-20-35-26)29(31)24-12-9-8-10-13-24/h8-10,12-13,16,20,23,29H,3-7,11,14-15,17-19,21-22H2,1-2H3. The van der Waals surface area contributed by atoms with E-state index in [0.717, 1.165) is 25.8 Å². The van der Waals surface area contributed by atoms with Crippen LogP contribution in [0.4, 0.5) is 0 Å². The Morgan fingerprint density at radius 1 is 0.943 bits per heavy atom. The minimum Gasteiger partial charge on any atom is -0.338 e. The summed E-state index contributed by atoms with van der Waals surface area (Å²) < 4.78 is 0. The maximum Gasteiger partial charge on any atom is 0.236 e. The van der Waals surface area contributed by atoms with Gasteiger partial charge >= 0.3 is 0 Å². The summed E-state index contributed by atoms with van der Waals surface area (Å²) in [5.74, 6) is 0.435. The summed E-state index contributed by atoms with van der Waals surface area (Å²) in [5.41, 5.74) is 2.59. The van der Waals surface area contributed by atoms with Gasteiger partial charge in [0.05, 0.1) is 12.6 Å². The summed E-state index contributed by atoms with van der Waals surface area (Å²) in [6, 6.07) is 13.0. The second kappa shape index (κ2) is 12.7. The van der Waals surface area contributed by atoms with Gasteiger partial charge in [0.1, 0.15) is 0 Å². The largest absolute Gasteiger partial charge is 0.338 e. The molecular weight excluding hydrogens is 454 g/mol. The number of fused-ring (bicyclic) bond motifs is 1. The lowest BCUT2D eigenvalue weighted by Crippen LogP contribution is -2.57. The average Bonchev–Trinajstić information content (AvgIpc) is 3.35. The molecule has 190 valence electrons. The number of piperazine rings is 1. The van der Waals surface area contributed by atoms with E-state index in [1.54, 1.807) is 0 Å². The van der Waals surface area contributed by atoms with E-state index in [1.165, 1.54) is 41.7 Å². The van der Waals surface area contributed by atoms with E-state index in [9.17, 15) is 9.59 Å². The van der Waals surface area contributed by atoms with Gasteiger partial charge in [-0.15, -0.1) is 11.3 Å². The van der Waals surface area contributed by atoms with Gasteiger partial charge in [-0.25, -0.2) is 0 Å². The van der Waals surface area contributed by atoms with Gasteiger partial charge in [-0.3, -0.25) is 14.5 Å². The minimum absolute atomic E-state index is 0.0787. The molecule has 0 radical (unpaired) electrons. The molecule has 3 heterocycles. The third kappa shape index (κ3) is 6.53. The van der Waals surface area contributed by atoms with Crippen LogP contribution in [0, 0.1) is 0 Å². The Bertz CT molecular complexity index is 960. The molecule has 0 bridgehead atoms. The number of nitrogens with zero attached hydrogens (tertiary/aromatic N) is 3. The van der Waals surface area contributed by atoms with Crippen LogP contribution in [-0.2, 0) is 16.0 Å². The van der Waals surface area contributed by atoms with Crippen molar-refractivity contribution in [1.82, 2.24) is 14.7 Å². The quantitative estimate of drug-likeness (QED) is 0.409. The highest BCUT2D eigenvalue weighted by atomic mass is 32.1. The first-order valence-corrected chi connectivity index (χ1v) is 14.4. The molecule has 1 aromatic carbocycles. The number of thiophene rings is 1. The second-order valence-electron chi connectivity index (χ2n) is 10.1. The maximum atomic E-state index is 13.4. The number of hydrogen-bond acceptors (Lipinski definition) is 4. The molecule has 6 heteroatoms. The van der Waals surface area contributed by atoms with Crippen molar-refractivity contribution in [3.8, 4) is 0 Å². The first-order valence-electron chi connectivity index (χ1n) is 13.5. The molecule has 4 rings (SSSR count). The Morgan fingerprint density at radius 2 is 1.71 bits per heavy atom. The molecule has 2 aromatic rings. The van der Waals surface area contributed by atoms with Crippen molar-refractivity contribution in [3.05, 3.63) is 57.8 Å². The third-order valence-electron chi connectivity index (χ3n) is 7.56. The highest BCUT2D eigenvalue weighted by Gasteiger charge is 2.34. The van der Waals surface area contributed by atoms with E-state index >= 15 is 0 Å². The molecule has 2 aliphatic rings.